The standard InChI is InChI=1S/C9H17ClN4O/c1-13(2)3-5-15-6-4-14-8-11-12-9(14)7-10/h8H,3-7H2,1-2H3. The fraction of sp³-hybridized carbons (Fsp3) is 0.778. The van der Waals surface area contributed by atoms with Gasteiger partial charge in [-0.3, -0.25) is 0 Å². The third kappa shape index (κ3) is 4.59. The Balaban J connectivity index is 2.15. The minimum Gasteiger partial charge on any atom is -0.378 e. The molecular weight excluding hydrogens is 216 g/mol. The van der Waals surface area contributed by atoms with E-state index in [1.165, 1.54) is 0 Å². The first-order valence-corrected chi connectivity index (χ1v) is 5.42. The average Bonchev–Trinajstić information content (AvgIpc) is 2.64. The van der Waals surface area contributed by atoms with Crippen LogP contribution in [0.2, 0.25) is 0 Å². The van der Waals surface area contributed by atoms with Crippen LogP contribution in [0, 0.1) is 0 Å². The Morgan fingerprint density at radius 3 is 2.93 bits per heavy atom. The Labute approximate surface area is 95.0 Å². The molecule has 0 saturated heterocycles. The van der Waals surface area contributed by atoms with Crippen LogP contribution < -0.4 is 0 Å². The highest BCUT2D eigenvalue weighted by atomic mass is 35.5. The minimum atomic E-state index is 0.387. The molecule has 0 unspecified atom stereocenters. The summed E-state index contributed by atoms with van der Waals surface area (Å²) in [7, 11) is 4.05. The second kappa shape index (κ2) is 6.76. The third-order valence-electron chi connectivity index (χ3n) is 1.97. The number of nitrogens with zero attached hydrogens (tertiary/aromatic N) is 4. The molecule has 86 valence electrons. The first-order chi connectivity index (χ1) is 7.24. The quantitative estimate of drug-likeness (QED) is 0.510. The van der Waals surface area contributed by atoms with Gasteiger partial charge in [0.1, 0.15) is 12.2 Å². The Morgan fingerprint density at radius 2 is 2.27 bits per heavy atom. The topological polar surface area (TPSA) is 43.2 Å². The van der Waals surface area contributed by atoms with Crippen molar-refractivity contribution in [2.75, 3.05) is 33.9 Å². The summed E-state index contributed by atoms with van der Waals surface area (Å²) in [4.78, 5) is 2.09. The smallest absolute Gasteiger partial charge is 0.147 e. The van der Waals surface area contributed by atoms with Gasteiger partial charge in [0.15, 0.2) is 0 Å². The van der Waals surface area contributed by atoms with Crippen molar-refractivity contribution >= 4 is 11.6 Å². The molecule has 0 bridgehead atoms. The Kier molecular flexibility index (Phi) is 5.60. The minimum absolute atomic E-state index is 0.387. The Bertz CT molecular complexity index is 277. The van der Waals surface area contributed by atoms with Crippen LogP contribution in [0.4, 0.5) is 0 Å². The van der Waals surface area contributed by atoms with Gasteiger partial charge in [-0.15, -0.1) is 21.8 Å². The summed E-state index contributed by atoms with van der Waals surface area (Å²) in [6.45, 7) is 3.09. The highest BCUT2D eigenvalue weighted by molar-refractivity contribution is 6.16. The molecule has 15 heavy (non-hydrogen) atoms. The highest BCUT2D eigenvalue weighted by Crippen LogP contribution is 1.98. The molecule has 1 aromatic heterocycles. The van der Waals surface area contributed by atoms with Crippen molar-refractivity contribution in [3.63, 3.8) is 0 Å². The average molecular weight is 233 g/mol. The summed E-state index contributed by atoms with van der Waals surface area (Å²) in [5, 5.41) is 7.66. The normalized spacial score (nSPS) is 11.2. The monoisotopic (exact) mass is 232 g/mol. The van der Waals surface area contributed by atoms with E-state index in [4.69, 9.17) is 16.3 Å². The molecule has 0 aliphatic rings. The van der Waals surface area contributed by atoms with Crippen molar-refractivity contribution in [1.29, 1.82) is 0 Å². The van der Waals surface area contributed by atoms with Crippen molar-refractivity contribution in [2.24, 2.45) is 0 Å². The van der Waals surface area contributed by atoms with Crippen LogP contribution in [0.3, 0.4) is 0 Å². The highest BCUT2D eigenvalue weighted by Gasteiger charge is 2.01. The van der Waals surface area contributed by atoms with Gasteiger partial charge in [-0.2, -0.15) is 0 Å². The molecule has 0 radical (unpaired) electrons. The van der Waals surface area contributed by atoms with E-state index in [9.17, 15) is 0 Å². The van der Waals surface area contributed by atoms with E-state index in [-0.39, 0.29) is 0 Å². The molecule has 0 atom stereocenters. The zero-order chi connectivity index (χ0) is 11.1. The van der Waals surface area contributed by atoms with Crippen LogP contribution in [0.5, 0.6) is 0 Å². The number of likely N-dealkylation sites (N-methyl/N-ethyl adjacent to an activating group) is 1. The molecule has 0 aromatic carbocycles. The first-order valence-electron chi connectivity index (χ1n) is 4.89. The summed E-state index contributed by atoms with van der Waals surface area (Å²) < 4.78 is 7.36. The van der Waals surface area contributed by atoms with Gasteiger partial charge in [0.25, 0.3) is 0 Å². The van der Waals surface area contributed by atoms with E-state index >= 15 is 0 Å². The summed E-state index contributed by atoms with van der Waals surface area (Å²) in [6, 6.07) is 0. The maximum absolute atomic E-state index is 5.68. The fourth-order valence-electron chi connectivity index (χ4n) is 1.08. The SMILES string of the molecule is CN(C)CCOCCn1cnnc1CCl. The number of hydrogen-bond acceptors (Lipinski definition) is 4. The van der Waals surface area contributed by atoms with Gasteiger partial charge in [-0.25, -0.2) is 0 Å². The maximum Gasteiger partial charge on any atom is 0.147 e. The van der Waals surface area contributed by atoms with Gasteiger partial charge < -0.3 is 14.2 Å². The molecule has 0 aliphatic heterocycles. The number of hydrogen-bond donors (Lipinski definition) is 0. The van der Waals surface area contributed by atoms with Crippen molar-refractivity contribution in [2.45, 2.75) is 12.4 Å². The number of alkyl halides is 1. The van der Waals surface area contributed by atoms with Crippen LogP contribution in [-0.4, -0.2) is 53.5 Å². The fourth-order valence-corrected chi connectivity index (χ4v) is 1.29. The van der Waals surface area contributed by atoms with E-state index in [1.54, 1.807) is 6.33 Å². The summed E-state index contributed by atoms with van der Waals surface area (Å²) in [6.07, 6.45) is 1.67. The molecule has 0 spiro atoms. The van der Waals surface area contributed by atoms with Gasteiger partial charge in [-0.1, -0.05) is 0 Å². The molecule has 5 nitrogen and oxygen atoms in total. The van der Waals surface area contributed by atoms with Crippen molar-refractivity contribution in [1.82, 2.24) is 19.7 Å². The molecule has 6 heteroatoms. The van der Waals surface area contributed by atoms with Gasteiger partial charge in [0.05, 0.1) is 19.1 Å². The van der Waals surface area contributed by atoms with Crippen molar-refractivity contribution in [3.05, 3.63) is 12.2 Å². The molecule has 0 N–H and O–H groups in total. The van der Waals surface area contributed by atoms with E-state index in [0.29, 0.717) is 12.5 Å². The van der Waals surface area contributed by atoms with E-state index in [0.717, 1.165) is 25.5 Å². The third-order valence-corrected chi connectivity index (χ3v) is 2.21. The summed E-state index contributed by atoms with van der Waals surface area (Å²) >= 11 is 5.68. The molecule has 0 aliphatic carbocycles. The van der Waals surface area contributed by atoms with E-state index in [2.05, 4.69) is 15.1 Å². The predicted molar refractivity (Wildman–Crippen MR) is 59.0 cm³/mol. The maximum atomic E-state index is 5.68. The molecule has 1 aromatic rings. The van der Waals surface area contributed by atoms with Crippen LogP contribution >= 0.6 is 11.6 Å². The number of ether oxygens (including phenoxy) is 1. The largest absolute Gasteiger partial charge is 0.378 e. The van der Waals surface area contributed by atoms with Crippen molar-refractivity contribution < 1.29 is 4.74 Å². The summed E-state index contributed by atoms with van der Waals surface area (Å²) in [5.41, 5.74) is 0. The van der Waals surface area contributed by atoms with Crippen molar-refractivity contribution in [3.8, 4) is 0 Å². The van der Waals surface area contributed by atoms with E-state index in [1.807, 2.05) is 18.7 Å². The molecule has 0 amide bonds. The number of rotatable bonds is 7. The lowest BCUT2D eigenvalue weighted by Gasteiger charge is -2.10. The Hall–Kier alpha value is -0.650. The van der Waals surface area contributed by atoms with E-state index < -0.39 is 0 Å². The summed E-state index contributed by atoms with van der Waals surface area (Å²) in [5.74, 6) is 1.17. The van der Waals surface area contributed by atoms with Crippen LogP contribution in [-0.2, 0) is 17.2 Å². The van der Waals surface area contributed by atoms with Gasteiger partial charge in [0.2, 0.25) is 0 Å². The molecule has 1 heterocycles. The van der Waals surface area contributed by atoms with Crippen LogP contribution in [0.15, 0.2) is 6.33 Å². The molecule has 0 fully saturated rings. The second-order valence-corrected chi connectivity index (χ2v) is 3.76. The molecule has 1 rings (SSSR count). The van der Waals surface area contributed by atoms with Crippen LogP contribution in [0.1, 0.15) is 5.82 Å². The Morgan fingerprint density at radius 1 is 1.47 bits per heavy atom. The van der Waals surface area contributed by atoms with Gasteiger partial charge in [-0.05, 0) is 14.1 Å². The predicted octanol–water partition coefficient (Wildman–Crippen LogP) is 0.595. The first kappa shape index (κ1) is 12.4. The van der Waals surface area contributed by atoms with Gasteiger partial charge >= 0.3 is 0 Å². The molecule has 0 saturated carbocycles. The zero-order valence-corrected chi connectivity index (χ0v) is 9.94. The number of aromatic nitrogens is 3. The number of halogens is 1. The van der Waals surface area contributed by atoms with Crippen LogP contribution in [0.25, 0.3) is 0 Å². The zero-order valence-electron chi connectivity index (χ0n) is 9.19. The lowest BCUT2D eigenvalue weighted by Crippen LogP contribution is -2.19. The lowest BCUT2D eigenvalue weighted by atomic mass is 10.6. The lowest BCUT2D eigenvalue weighted by molar-refractivity contribution is 0.110. The molecular formula is C9H17ClN4O. The second-order valence-electron chi connectivity index (χ2n) is 3.49. The van der Waals surface area contributed by atoms with Gasteiger partial charge in [0, 0.05) is 13.1 Å².